The predicted octanol–water partition coefficient (Wildman–Crippen LogP) is 2.55. The first-order valence-corrected chi connectivity index (χ1v) is 6.44. The number of hydrogen-bond acceptors (Lipinski definition) is 3. The SMILES string of the molecule is CC(O)[C@@]12CCCC[C@@H]1Oc1ccccc1N2. The van der Waals surface area contributed by atoms with Crippen molar-refractivity contribution < 1.29 is 9.84 Å². The van der Waals surface area contributed by atoms with E-state index >= 15 is 0 Å². The summed E-state index contributed by atoms with van der Waals surface area (Å²) in [5, 5.41) is 13.7. The average molecular weight is 233 g/mol. The number of fused-ring (bicyclic) bond motifs is 2. The number of benzene rings is 1. The summed E-state index contributed by atoms with van der Waals surface area (Å²) in [6, 6.07) is 7.99. The molecule has 1 fully saturated rings. The first-order chi connectivity index (χ1) is 8.22. The Morgan fingerprint density at radius 3 is 3.06 bits per heavy atom. The summed E-state index contributed by atoms with van der Waals surface area (Å²) in [6.45, 7) is 1.86. The fraction of sp³-hybridized carbons (Fsp3) is 0.571. The summed E-state index contributed by atoms with van der Waals surface area (Å²) in [7, 11) is 0. The predicted molar refractivity (Wildman–Crippen MR) is 67.4 cm³/mol. The van der Waals surface area contributed by atoms with Crippen LogP contribution < -0.4 is 10.1 Å². The van der Waals surface area contributed by atoms with E-state index in [2.05, 4.69) is 5.32 Å². The molecular weight excluding hydrogens is 214 g/mol. The lowest BCUT2D eigenvalue weighted by Gasteiger charge is -2.50. The third kappa shape index (κ3) is 1.61. The fourth-order valence-corrected chi connectivity index (χ4v) is 3.13. The molecule has 0 radical (unpaired) electrons. The number of ether oxygens (including phenoxy) is 1. The number of rotatable bonds is 1. The molecule has 0 bridgehead atoms. The molecule has 1 aromatic rings. The highest BCUT2D eigenvalue weighted by atomic mass is 16.5. The second kappa shape index (κ2) is 3.91. The third-order valence-corrected chi connectivity index (χ3v) is 4.15. The van der Waals surface area contributed by atoms with Gasteiger partial charge in [-0.1, -0.05) is 18.6 Å². The van der Waals surface area contributed by atoms with Crippen molar-refractivity contribution in [2.24, 2.45) is 0 Å². The topological polar surface area (TPSA) is 41.5 Å². The highest BCUT2D eigenvalue weighted by molar-refractivity contribution is 5.60. The molecule has 1 unspecified atom stereocenters. The fourth-order valence-electron chi connectivity index (χ4n) is 3.13. The molecule has 0 saturated heterocycles. The van der Waals surface area contributed by atoms with Crippen LogP contribution in [0.4, 0.5) is 5.69 Å². The van der Waals surface area contributed by atoms with Crippen LogP contribution in [0.15, 0.2) is 24.3 Å². The Bertz CT molecular complexity index is 418. The molecule has 2 N–H and O–H groups in total. The van der Waals surface area contributed by atoms with E-state index in [1.54, 1.807) is 0 Å². The number of aliphatic hydroxyl groups excluding tert-OH is 1. The van der Waals surface area contributed by atoms with Gasteiger partial charge in [-0.3, -0.25) is 0 Å². The molecule has 3 nitrogen and oxygen atoms in total. The maximum atomic E-state index is 10.1. The van der Waals surface area contributed by atoms with Crippen LogP contribution in [0.5, 0.6) is 5.75 Å². The minimum absolute atomic E-state index is 0.0890. The summed E-state index contributed by atoms with van der Waals surface area (Å²) >= 11 is 0. The Morgan fingerprint density at radius 2 is 2.24 bits per heavy atom. The molecule has 92 valence electrons. The summed E-state index contributed by atoms with van der Waals surface area (Å²) in [6.07, 6.45) is 4.02. The molecular formula is C14H19NO2. The minimum atomic E-state index is -0.402. The highest BCUT2D eigenvalue weighted by Gasteiger charge is 2.48. The summed E-state index contributed by atoms with van der Waals surface area (Å²) in [5.41, 5.74) is 0.707. The lowest BCUT2D eigenvalue weighted by molar-refractivity contribution is -0.00849. The molecule has 0 spiro atoms. The van der Waals surface area contributed by atoms with Crippen molar-refractivity contribution in [3.63, 3.8) is 0 Å². The maximum Gasteiger partial charge on any atom is 0.142 e. The second-order valence-corrected chi connectivity index (χ2v) is 5.19. The van der Waals surface area contributed by atoms with E-state index in [0.29, 0.717) is 0 Å². The largest absolute Gasteiger partial charge is 0.486 e. The Morgan fingerprint density at radius 1 is 1.41 bits per heavy atom. The molecule has 0 aromatic heterocycles. The van der Waals surface area contributed by atoms with Gasteiger partial charge in [-0.25, -0.2) is 0 Å². The van der Waals surface area contributed by atoms with Crippen LogP contribution in [0.1, 0.15) is 32.6 Å². The van der Waals surface area contributed by atoms with Crippen LogP contribution in [0.25, 0.3) is 0 Å². The average Bonchev–Trinajstić information content (AvgIpc) is 2.36. The molecule has 17 heavy (non-hydrogen) atoms. The van der Waals surface area contributed by atoms with E-state index in [0.717, 1.165) is 30.7 Å². The zero-order valence-corrected chi connectivity index (χ0v) is 10.1. The molecule has 3 rings (SSSR count). The van der Waals surface area contributed by atoms with E-state index < -0.39 is 6.10 Å². The van der Waals surface area contributed by atoms with E-state index in [9.17, 15) is 5.11 Å². The molecule has 2 aliphatic rings. The lowest BCUT2D eigenvalue weighted by Crippen LogP contribution is -2.62. The van der Waals surface area contributed by atoms with Gasteiger partial charge >= 0.3 is 0 Å². The van der Waals surface area contributed by atoms with Crippen molar-refractivity contribution in [2.45, 2.75) is 50.4 Å². The van der Waals surface area contributed by atoms with Gasteiger partial charge in [0, 0.05) is 0 Å². The molecule has 1 aromatic carbocycles. The van der Waals surface area contributed by atoms with Crippen LogP contribution in [-0.4, -0.2) is 22.9 Å². The Labute approximate surface area is 102 Å². The van der Waals surface area contributed by atoms with Crippen molar-refractivity contribution >= 4 is 5.69 Å². The Kier molecular flexibility index (Phi) is 2.51. The number of nitrogens with one attached hydrogen (secondary N) is 1. The Hall–Kier alpha value is -1.22. The first kappa shape index (κ1) is 10.9. The maximum absolute atomic E-state index is 10.1. The van der Waals surface area contributed by atoms with E-state index in [1.165, 1.54) is 6.42 Å². The first-order valence-electron chi connectivity index (χ1n) is 6.44. The molecule has 3 atom stereocenters. The minimum Gasteiger partial charge on any atom is -0.486 e. The van der Waals surface area contributed by atoms with Gasteiger partial charge in [-0.05, 0) is 38.3 Å². The number of anilines is 1. The number of para-hydroxylation sites is 2. The van der Waals surface area contributed by atoms with Gasteiger partial charge in [0.15, 0.2) is 0 Å². The van der Waals surface area contributed by atoms with Gasteiger partial charge in [-0.15, -0.1) is 0 Å². The van der Waals surface area contributed by atoms with Crippen molar-refractivity contribution in [1.82, 2.24) is 0 Å². The van der Waals surface area contributed by atoms with E-state index in [-0.39, 0.29) is 11.6 Å². The van der Waals surface area contributed by atoms with E-state index in [4.69, 9.17) is 4.74 Å². The third-order valence-electron chi connectivity index (χ3n) is 4.15. The zero-order chi connectivity index (χ0) is 11.9. The molecule has 1 heterocycles. The van der Waals surface area contributed by atoms with Crippen LogP contribution in [0, 0.1) is 0 Å². The summed E-state index contributed by atoms with van der Waals surface area (Å²) in [4.78, 5) is 0. The highest BCUT2D eigenvalue weighted by Crippen LogP contribution is 2.43. The lowest BCUT2D eigenvalue weighted by atomic mass is 9.74. The normalized spacial score (nSPS) is 32.7. The van der Waals surface area contributed by atoms with Crippen LogP contribution in [0.2, 0.25) is 0 Å². The van der Waals surface area contributed by atoms with Crippen molar-refractivity contribution in [1.29, 1.82) is 0 Å². The van der Waals surface area contributed by atoms with Gasteiger partial charge in [0.1, 0.15) is 17.4 Å². The Balaban J connectivity index is 2.01. The molecule has 1 saturated carbocycles. The van der Waals surface area contributed by atoms with Gasteiger partial charge in [0.2, 0.25) is 0 Å². The van der Waals surface area contributed by atoms with Crippen LogP contribution in [0.3, 0.4) is 0 Å². The standard InChI is InChI=1S/C14H19NO2/c1-10(16)14-9-5-4-8-13(14)17-12-7-3-2-6-11(12)15-14/h2-3,6-7,10,13,15-16H,4-5,8-9H2,1H3/t10?,13-,14-/m0/s1. The second-order valence-electron chi connectivity index (χ2n) is 5.19. The zero-order valence-electron chi connectivity index (χ0n) is 10.1. The van der Waals surface area contributed by atoms with Gasteiger partial charge < -0.3 is 15.2 Å². The summed E-state index contributed by atoms with van der Waals surface area (Å²) in [5.74, 6) is 0.913. The van der Waals surface area contributed by atoms with Crippen molar-refractivity contribution in [3.05, 3.63) is 24.3 Å². The van der Waals surface area contributed by atoms with Crippen molar-refractivity contribution in [2.75, 3.05) is 5.32 Å². The number of hydrogen-bond donors (Lipinski definition) is 2. The number of aliphatic hydroxyl groups is 1. The smallest absolute Gasteiger partial charge is 0.142 e. The molecule has 1 aliphatic carbocycles. The van der Waals surface area contributed by atoms with Crippen LogP contribution >= 0.6 is 0 Å². The summed E-state index contributed by atoms with van der Waals surface area (Å²) < 4.78 is 6.08. The van der Waals surface area contributed by atoms with Crippen LogP contribution in [-0.2, 0) is 0 Å². The van der Waals surface area contributed by atoms with E-state index in [1.807, 2.05) is 31.2 Å². The molecule has 1 aliphatic heterocycles. The monoisotopic (exact) mass is 233 g/mol. The van der Waals surface area contributed by atoms with Gasteiger partial charge in [-0.2, -0.15) is 0 Å². The molecule has 0 amide bonds. The van der Waals surface area contributed by atoms with Gasteiger partial charge in [0.05, 0.1) is 11.8 Å². The quantitative estimate of drug-likeness (QED) is 0.783. The van der Waals surface area contributed by atoms with Gasteiger partial charge in [0.25, 0.3) is 0 Å². The van der Waals surface area contributed by atoms with Crippen molar-refractivity contribution in [3.8, 4) is 5.75 Å². The molecule has 3 heteroatoms.